The minimum atomic E-state index is -3.41. The second-order valence-corrected chi connectivity index (χ2v) is 8.58. The molecule has 0 N–H and O–H groups in total. The summed E-state index contributed by atoms with van der Waals surface area (Å²) in [5, 5.41) is 0. The number of hydrogen-bond acceptors (Lipinski definition) is 2. The maximum atomic E-state index is 12.7. The van der Waals surface area contributed by atoms with Gasteiger partial charge in [-0.1, -0.05) is 30.3 Å². The predicted octanol–water partition coefficient (Wildman–Crippen LogP) is 4.00. The largest absolute Gasteiger partial charge is 0.223 e. The second kappa shape index (κ2) is 5.25. The van der Waals surface area contributed by atoms with E-state index >= 15 is 0 Å². The minimum absolute atomic E-state index is 0.360. The van der Waals surface area contributed by atoms with Crippen molar-refractivity contribution in [3.63, 3.8) is 0 Å². The summed E-state index contributed by atoms with van der Waals surface area (Å²) >= 11 is 2.21. The fraction of sp³-hybridized carbons (Fsp3) is 0.200. The third-order valence-corrected chi connectivity index (χ3v) is 6.46. The lowest BCUT2D eigenvalue weighted by molar-refractivity contribution is 0.555. The van der Waals surface area contributed by atoms with Crippen LogP contribution in [0, 0.1) is 3.57 Å². The van der Waals surface area contributed by atoms with Gasteiger partial charge in [-0.25, -0.2) is 8.42 Å². The molecule has 0 saturated carbocycles. The van der Waals surface area contributed by atoms with Crippen LogP contribution in [-0.4, -0.2) is 8.42 Å². The van der Waals surface area contributed by atoms with Crippen LogP contribution in [0.25, 0.3) is 0 Å². The Morgan fingerprint density at radius 2 is 1.42 bits per heavy atom. The molecule has 2 aromatic carbocycles. The topological polar surface area (TPSA) is 34.1 Å². The molecule has 100 valence electrons. The summed E-state index contributed by atoms with van der Waals surface area (Å²) in [5.41, 5.74) is 0.803. The van der Waals surface area contributed by atoms with Gasteiger partial charge in [0, 0.05) is 3.57 Å². The van der Waals surface area contributed by atoms with E-state index in [1.54, 1.807) is 38.1 Å². The molecule has 0 aliphatic rings. The van der Waals surface area contributed by atoms with Gasteiger partial charge in [-0.2, -0.15) is 0 Å². The molecule has 2 aromatic rings. The molecule has 0 fully saturated rings. The van der Waals surface area contributed by atoms with E-state index in [1.807, 2.05) is 30.3 Å². The van der Waals surface area contributed by atoms with Crippen LogP contribution >= 0.6 is 22.6 Å². The molecule has 0 amide bonds. The molecule has 19 heavy (non-hydrogen) atoms. The van der Waals surface area contributed by atoms with E-state index in [1.165, 1.54) is 0 Å². The average Bonchev–Trinajstić information content (AvgIpc) is 2.40. The first-order valence-corrected chi connectivity index (χ1v) is 8.47. The molecule has 2 rings (SSSR count). The summed E-state index contributed by atoms with van der Waals surface area (Å²) in [5.74, 6) is 0. The molecule has 0 unspecified atom stereocenters. The van der Waals surface area contributed by atoms with Crippen LogP contribution in [0.15, 0.2) is 59.5 Å². The summed E-state index contributed by atoms with van der Waals surface area (Å²) in [6, 6.07) is 16.2. The van der Waals surface area contributed by atoms with Crippen molar-refractivity contribution < 1.29 is 8.42 Å². The number of halogens is 1. The third kappa shape index (κ3) is 2.69. The molecule has 2 nitrogen and oxygen atoms in total. The maximum Gasteiger partial charge on any atom is 0.187 e. The second-order valence-electron chi connectivity index (χ2n) is 4.83. The Kier molecular flexibility index (Phi) is 4.01. The molecule has 0 atom stereocenters. The Labute approximate surface area is 127 Å². The maximum absolute atomic E-state index is 12.7. The SMILES string of the molecule is CC(C)(c1ccc(I)cc1)S(=O)(=O)c1ccccc1. The number of benzene rings is 2. The average molecular weight is 386 g/mol. The van der Waals surface area contributed by atoms with Gasteiger partial charge < -0.3 is 0 Å². The van der Waals surface area contributed by atoms with Gasteiger partial charge in [-0.05, 0) is 66.3 Å². The van der Waals surface area contributed by atoms with Gasteiger partial charge in [-0.15, -0.1) is 0 Å². The van der Waals surface area contributed by atoms with Crippen molar-refractivity contribution in [2.24, 2.45) is 0 Å². The molecule has 0 saturated heterocycles. The van der Waals surface area contributed by atoms with Crippen molar-refractivity contribution in [2.75, 3.05) is 0 Å². The highest BCUT2D eigenvalue weighted by molar-refractivity contribution is 14.1. The van der Waals surface area contributed by atoms with Crippen LogP contribution < -0.4 is 0 Å². The van der Waals surface area contributed by atoms with Crippen molar-refractivity contribution in [1.29, 1.82) is 0 Å². The predicted molar refractivity (Wildman–Crippen MR) is 85.8 cm³/mol. The van der Waals surface area contributed by atoms with Gasteiger partial charge in [0.2, 0.25) is 0 Å². The van der Waals surface area contributed by atoms with E-state index < -0.39 is 14.6 Å². The Balaban J connectivity index is 2.53. The van der Waals surface area contributed by atoms with Gasteiger partial charge in [0.25, 0.3) is 0 Å². The summed E-state index contributed by atoms with van der Waals surface area (Å²) < 4.78 is 25.6. The summed E-state index contributed by atoms with van der Waals surface area (Å²) in [6.45, 7) is 3.50. The highest BCUT2D eigenvalue weighted by Crippen LogP contribution is 2.34. The fourth-order valence-electron chi connectivity index (χ4n) is 1.90. The van der Waals surface area contributed by atoms with E-state index in [0.29, 0.717) is 4.90 Å². The van der Waals surface area contributed by atoms with Crippen molar-refractivity contribution in [2.45, 2.75) is 23.5 Å². The van der Waals surface area contributed by atoms with E-state index in [0.717, 1.165) is 9.13 Å². The Morgan fingerprint density at radius 3 is 1.95 bits per heavy atom. The molecule has 0 aliphatic carbocycles. The molecule has 0 heterocycles. The van der Waals surface area contributed by atoms with Crippen LogP contribution in [0.3, 0.4) is 0 Å². The van der Waals surface area contributed by atoms with Crippen molar-refractivity contribution in [1.82, 2.24) is 0 Å². The fourth-order valence-corrected chi connectivity index (χ4v) is 3.81. The van der Waals surface area contributed by atoms with Crippen molar-refractivity contribution in [3.05, 3.63) is 63.7 Å². The molecule has 0 bridgehead atoms. The molecule has 0 spiro atoms. The van der Waals surface area contributed by atoms with E-state index in [4.69, 9.17) is 0 Å². The summed E-state index contributed by atoms with van der Waals surface area (Å²) in [7, 11) is -3.41. The van der Waals surface area contributed by atoms with Crippen LogP contribution in [0.1, 0.15) is 19.4 Å². The molecule has 0 radical (unpaired) electrons. The normalized spacial score (nSPS) is 12.4. The molecule has 0 aliphatic heterocycles. The summed E-state index contributed by atoms with van der Waals surface area (Å²) in [6.07, 6.45) is 0. The smallest absolute Gasteiger partial charge is 0.187 e. The molecule has 4 heteroatoms. The number of sulfone groups is 1. The lowest BCUT2D eigenvalue weighted by Crippen LogP contribution is -2.29. The number of rotatable bonds is 3. The van der Waals surface area contributed by atoms with E-state index in [-0.39, 0.29) is 0 Å². The first-order valence-electron chi connectivity index (χ1n) is 5.91. The van der Waals surface area contributed by atoms with Crippen LogP contribution in [-0.2, 0) is 14.6 Å². The van der Waals surface area contributed by atoms with Crippen LogP contribution in [0.2, 0.25) is 0 Å². The third-order valence-electron chi connectivity index (χ3n) is 3.26. The Bertz CT molecular complexity index is 659. The standard InChI is InChI=1S/C15H15IO2S/c1-15(2,12-8-10-13(16)11-9-12)19(17,18)14-6-4-3-5-7-14/h3-11H,1-2H3. The van der Waals surface area contributed by atoms with Crippen LogP contribution in [0.4, 0.5) is 0 Å². The van der Waals surface area contributed by atoms with Gasteiger partial charge >= 0.3 is 0 Å². The Morgan fingerprint density at radius 1 is 0.895 bits per heavy atom. The van der Waals surface area contributed by atoms with Crippen molar-refractivity contribution >= 4 is 32.4 Å². The van der Waals surface area contributed by atoms with Gasteiger partial charge in [0.05, 0.1) is 9.64 Å². The Hall–Kier alpha value is -0.880. The molecular formula is C15H15IO2S. The zero-order chi connectivity index (χ0) is 14.1. The lowest BCUT2D eigenvalue weighted by atomic mass is 10.0. The molecule has 0 aromatic heterocycles. The zero-order valence-electron chi connectivity index (χ0n) is 10.8. The first-order chi connectivity index (χ1) is 8.85. The van der Waals surface area contributed by atoms with E-state index in [2.05, 4.69) is 22.6 Å². The lowest BCUT2D eigenvalue weighted by Gasteiger charge is -2.25. The van der Waals surface area contributed by atoms with Crippen molar-refractivity contribution in [3.8, 4) is 0 Å². The highest BCUT2D eigenvalue weighted by atomic mass is 127. The van der Waals surface area contributed by atoms with Gasteiger partial charge in [0.15, 0.2) is 9.84 Å². The van der Waals surface area contributed by atoms with E-state index in [9.17, 15) is 8.42 Å². The molecular weight excluding hydrogens is 371 g/mol. The zero-order valence-corrected chi connectivity index (χ0v) is 13.8. The van der Waals surface area contributed by atoms with Gasteiger partial charge in [0.1, 0.15) is 0 Å². The van der Waals surface area contributed by atoms with Gasteiger partial charge in [-0.3, -0.25) is 0 Å². The monoisotopic (exact) mass is 386 g/mol. The summed E-state index contributed by atoms with van der Waals surface area (Å²) in [4.78, 5) is 0.360. The first kappa shape index (κ1) is 14.5. The minimum Gasteiger partial charge on any atom is -0.223 e. The number of hydrogen-bond donors (Lipinski definition) is 0. The quantitative estimate of drug-likeness (QED) is 0.748. The van der Waals surface area contributed by atoms with Crippen LogP contribution in [0.5, 0.6) is 0 Å². The highest BCUT2D eigenvalue weighted by Gasteiger charge is 2.37.